The summed E-state index contributed by atoms with van der Waals surface area (Å²) in [5.41, 5.74) is 0. The van der Waals surface area contributed by atoms with Gasteiger partial charge in [0.2, 0.25) is 0 Å². The van der Waals surface area contributed by atoms with E-state index in [4.69, 9.17) is 10.00 Å². The molecule has 0 amide bonds. The Kier molecular flexibility index (Phi) is 3.51. The molecule has 0 bridgehead atoms. The molecule has 1 aliphatic heterocycles. The Hall–Kier alpha value is -0.590. The molecule has 0 spiro atoms. The van der Waals surface area contributed by atoms with Gasteiger partial charge in [-0.05, 0) is 26.3 Å². The lowest BCUT2D eigenvalue weighted by Crippen LogP contribution is -2.43. The summed E-state index contributed by atoms with van der Waals surface area (Å²) < 4.78 is 5.26. The SMILES string of the molecule is COC1CCCN(C(C)C#N)C1. The molecule has 0 saturated carbocycles. The second kappa shape index (κ2) is 4.44. The van der Waals surface area contributed by atoms with E-state index in [1.165, 1.54) is 0 Å². The van der Waals surface area contributed by atoms with E-state index in [0.717, 1.165) is 25.9 Å². The first kappa shape index (κ1) is 9.50. The van der Waals surface area contributed by atoms with E-state index in [-0.39, 0.29) is 6.04 Å². The van der Waals surface area contributed by atoms with E-state index in [0.29, 0.717) is 6.10 Å². The van der Waals surface area contributed by atoms with Gasteiger partial charge in [0.1, 0.15) is 0 Å². The van der Waals surface area contributed by atoms with Gasteiger partial charge in [0.25, 0.3) is 0 Å². The first-order valence-electron chi connectivity index (χ1n) is 4.44. The summed E-state index contributed by atoms with van der Waals surface area (Å²) in [4.78, 5) is 2.18. The smallest absolute Gasteiger partial charge is 0.0950 e. The van der Waals surface area contributed by atoms with Crippen LogP contribution < -0.4 is 0 Å². The number of nitrogens with zero attached hydrogens (tertiary/aromatic N) is 2. The summed E-state index contributed by atoms with van der Waals surface area (Å²) in [5, 5.41) is 8.71. The summed E-state index contributed by atoms with van der Waals surface area (Å²) in [7, 11) is 1.74. The van der Waals surface area contributed by atoms with Crippen molar-refractivity contribution >= 4 is 0 Å². The fourth-order valence-corrected chi connectivity index (χ4v) is 1.59. The average Bonchev–Trinajstić information content (AvgIpc) is 2.17. The minimum atomic E-state index is 0.0305. The first-order valence-corrected chi connectivity index (χ1v) is 4.44. The number of hydrogen-bond acceptors (Lipinski definition) is 3. The maximum absolute atomic E-state index is 8.71. The number of ether oxygens (including phenoxy) is 1. The number of likely N-dealkylation sites (tertiary alicyclic amines) is 1. The lowest BCUT2D eigenvalue weighted by atomic mass is 10.1. The van der Waals surface area contributed by atoms with Crippen molar-refractivity contribution in [1.29, 1.82) is 5.26 Å². The Morgan fingerprint density at radius 1 is 1.67 bits per heavy atom. The highest BCUT2D eigenvalue weighted by atomic mass is 16.5. The standard InChI is InChI=1S/C9H16N2O/c1-8(6-10)11-5-3-4-9(7-11)12-2/h8-9H,3-5,7H2,1-2H3. The van der Waals surface area contributed by atoms with Gasteiger partial charge in [0.05, 0.1) is 18.2 Å². The van der Waals surface area contributed by atoms with E-state index in [1.807, 2.05) is 6.92 Å². The Morgan fingerprint density at radius 3 is 3.00 bits per heavy atom. The van der Waals surface area contributed by atoms with Crippen LogP contribution in [0.1, 0.15) is 19.8 Å². The second-order valence-corrected chi connectivity index (χ2v) is 3.30. The molecular weight excluding hydrogens is 152 g/mol. The van der Waals surface area contributed by atoms with Crippen LogP contribution in [0.2, 0.25) is 0 Å². The zero-order valence-electron chi connectivity index (χ0n) is 7.79. The largest absolute Gasteiger partial charge is 0.380 e. The van der Waals surface area contributed by atoms with Crippen LogP contribution in [0.15, 0.2) is 0 Å². The van der Waals surface area contributed by atoms with Crippen molar-refractivity contribution in [2.24, 2.45) is 0 Å². The second-order valence-electron chi connectivity index (χ2n) is 3.30. The third-order valence-electron chi connectivity index (χ3n) is 2.48. The highest BCUT2D eigenvalue weighted by Crippen LogP contribution is 2.14. The quantitative estimate of drug-likeness (QED) is 0.617. The van der Waals surface area contributed by atoms with Crippen LogP contribution in [-0.2, 0) is 4.74 Å². The Balaban J connectivity index is 2.41. The van der Waals surface area contributed by atoms with Gasteiger partial charge in [-0.25, -0.2) is 0 Å². The van der Waals surface area contributed by atoms with Gasteiger partial charge in [0.15, 0.2) is 0 Å². The molecule has 1 fully saturated rings. The number of nitriles is 1. The van der Waals surface area contributed by atoms with E-state index in [2.05, 4.69) is 11.0 Å². The van der Waals surface area contributed by atoms with Gasteiger partial charge >= 0.3 is 0 Å². The molecule has 2 atom stereocenters. The van der Waals surface area contributed by atoms with Gasteiger partial charge in [-0.15, -0.1) is 0 Å². The fraction of sp³-hybridized carbons (Fsp3) is 0.889. The van der Waals surface area contributed by atoms with Crippen LogP contribution in [0.5, 0.6) is 0 Å². The van der Waals surface area contributed by atoms with Gasteiger partial charge < -0.3 is 4.74 Å². The van der Waals surface area contributed by atoms with Crippen molar-refractivity contribution in [2.45, 2.75) is 31.9 Å². The topological polar surface area (TPSA) is 36.3 Å². The number of rotatable bonds is 2. The molecule has 12 heavy (non-hydrogen) atoms. The third-order valence-corrected chi connectivity index (χ3v) is 2.48. The zero-order valence-corrected chi connectivity index (χ0v) is 7.79. The van der Waals surface area contributed by atoms with E-state index >= 15 is 0 Å². The Labute approximate surface area is 73.9 Å². The van der Waals surface area contributed by atoms with E-state index < -0.39 is 0 Å². The van der Waals surface area contributed by atoms with Crippen molar-refractivity contribution in [2.75, 3.05) is 20.2 Å². The van der Waals surface area contributed by atoms with E-state index in [1.54, 1.807) is 7.11 Å². The molecular formula is C9H16N2O. The molecule has 1 aliphatic rings. The molecule has 0 aliphatic carbocycles. The van der Waals surface area contributed by atoms with Crippen LogP contribution >= 0.6 is 0 Å². The van der Waals surface area contributed by atoms with Crippen LogP contribution in [0.4, 0.5) is 0 Å². The lowest BCUT2D eigenvalue weighted by Gasteiger charge is -2.33. The van der Waals surface area contributed by atoms with E-state index in [9.17, 15) is 0 Å². The third kappa shape index (κ3) is 2.20. The summed E-state index contributed by atoms with van der Waals surface area (Å²) in [5.74, 6) is 0. The normalized spacial score (nSPS) is 27.9. The van der Waals surface area contributed by atoms with Crippen LogP contribution in [0.3, 0.4) is 0 Å². The number of methoxy groups -OCH3 is 1. The maximum Gasteiger partial charge on any atom is 0.0950 e. The molecule has 2 unspecified atom stereocenters. The molecule has 68 valence electrons. The minimum Gasteiger partial charge on any atom is -0.380 e. The molecule has 3 nitrogen and oxygen atoms in total. The van der Waals surface area contributed by atoms with Crippen molar-refractivity contribution in [3.63, 3.8) is 0 Å². The maximum atomic E-state index is 8.71. The lowest BCUT2D eigenvalue weighted by molar-refractivity contribution is 0.0252. The number of piperidine rings is 1. The predicted molar refractivity (Wildman–Crippen MR) is 46.7 cm³/mol. The van der Waals surface area contributed by atoms with Crippen LogP contribution in [0, 0.1) is 11.3 Å². The molecule has 3 heteroatoms. The fourth-order valence-electron chi connectivity index (χ4n) is 1.59. The Bertz CT molecular complexity index is 176. The monoisotopic (exact) mass is 168 g/mol. The summed E-state index contributed by atoms with van der Waals surface area (Å²) in [6, 6.07) is 2.28. The van der Waals surface area contributed by atoms with Gasteiger partial charge in [-0.2, -0.15) is 5.26 Å². The highest BCUT2D eigenvalue weighted by molar-refractivity contribution is 4.90. The molecule has 0 aromatic carbocycles. The summed E-state index contributed by atoms with van der Waals surface area (Å²) >= 11 is 0. The zero-order chi connectivity index (χ0) is 8.97. The van der Waals surface area contributed by atoms with Crippen molar-refractivity contribution < 1.29 is 4.74 Å². The molecule has 1 rings (SSSR count). The Morgan fingerprint density at radius 2 is 2.42 bits per heavy atom. The van der Waals surface area contributed by atoms with Crippen molar-refractivity contribution in [3.8, 4) is 6.07 Å². The number of hydrogen-bond donors (Lipinski definition) is 0. The van der Waals surface area contributed by atoms with Crippen molar-refractivity contribution in [1.82, 2.24) is 4.90 Å². The molecule has 0 N–H and O–H groups in total. The summed E-state index contributed by atoms with van der Waals surface area (Å²) in [6.45, 7) is 3.89. The molecule has 0 aromatic heterocycles. The highest BCUT2D eigenvalue weighted by Gasteiger charge is 2.22. The molecule has 0 radical (unpaired) electrons. The average molecular weight is 168 g/mol. The van der Waals surface area contributed by atoms with Crippen molar-refractivity contribution in [3.05, 3.63) is 0 Å². The molecule has 1 heterocycles. The van der Waals surface area contributed by atoms with Crippen LogP contribution in [0.25, 0.3) is 0 Å². The van der Waals surface area contributed by atoms with Crippen LogP contribution in [-0.4, -0.2) is 37.2 Å². The predicted octanol–water partition coefficient (Wildman–Crippen LogP) is 1.01. The molecule has 0 aromatic rings. The minimum absolute atomic E-state index is 0.0305. The molecule has 1 saturated heterocycles. The van der Waals surface area contributed by atoms with Gasteiger partial charge in [-0.3, -0.25) is 4.90 Å². The first-order chi connectivity index (χ1) is 5.77. The van der Waals surface area contributed by atoms with Gasteiger partial charge in [-0.1, -0.05) is 0 Å². The summed E-state index contributed by atoms with van der Waals surface area (Å²) in [6.07, 6.45) is 2.60. The van der Waals surface area contributed by atoms with Gasteiger partial charge in [0, 0.05) is 13.7 Å².